The van der Waals surface area contributed by atoms with E-state index in [4.69, 9.17) is 11.6 Å². The van der Waals surface area contributed by atoms with E-state index in [1.54, 1.807) is 0 Å². The Kier molecular flexibility index (Phi) is 4.66. The van der Waals surface area contributed by atoms with Crippen molar-refractivity contribution in [2.75, 3.05) is 18.0 Å². The number of nitrogens with zero attached hydrogens (tertiary/aromatic N) is 1. The predicted molar refractivity (Wildman–Crippen MR) is 89.0 cm³/mol. The van der Waals surface area contributed by atoms with Crippen LogP contribution >= 0.6 is 11.6 Å². The zero-order valence-corrected chi connectivity index (χ0v) is 14.1. The van der Waals surface area contributed by atoms with Crippen molar-refractivity contribution in [1.82, 2.24) is 5.32 Å². The fourth-order valence-electron chi connectivity index (χ4n) is 3.54. The van der Waals surface area contributed by atoms with Gasteiger partial charge in [-0.1, -0.05) is 31.5 Å². The molecule has 0 saturated heterocycles. The molecule has 112 valence electrons. The summed E-state index contributed by atoms with van der Waals surface area (Å²) in [5.41, 5.74) is 4.19. The largest absolute Gasteiger partial charge is 0.366 e. The summed E-state index contributed by atoms with van der Waals surface area (Å²) in [6.45, 7) is 14.2. The molecule has 0 bridgehead atoms. The van der Waals surface area contributed by atoms with Crippen LogP contribution in [0.25, 0.3) is 0 Å². The highest BCUT2D eigenvalue weighted by Crippen LogP contribution is 2.44. The molecule has 1 N–H and O–H groups in total. The van der Waals surface area contributed by atoms with Crippen molar-refractivity contribution in [2.45, 2.75) is 59.0 Å². The van der Waals surface area contributed by atoms with Crippen LogP contribution in [0.4, 0.5) is 5.69 Å². The summed E-state index contributed by atoms with van der Waals surface area (Å²) in [6, 6.07) is 4.48. The van der Waals surface area contributed by atoms with Gasteiger partial charge in [-0.2, -0.15) is 0 Å². The first-order valence-corrected chi connectivity index (χ1v) is 8.09. The Hall–Kier alpha value is -0.730. The van der Waals surface area contributed by atoms with Gasteiger partial charge in [-0.3, -0.25) is 0 Å². The fourth-order valence-corrected chi connectivity index (χ4v) is 3.77. The number of halogens is 1. The van der Waals surface area contributed by atoms with Crippen LogP contribution in [0.5, 0.6) is 0 Å². The quantitative estimate of drug-likeness (QED) is 0.875. The molecule has 0 spiro atoms. The van der Waals surface area contributed by atoms with Crippen molar-refractivity contribution in [1.29, 1.82) is 0 Å². The molecule has 20 heavy (non-hydrogen) atoms. The van der Waals surface area contributed by atoms with Crippen molar-refractivity contribution >= 4 is 17.3 Å². The third-order valence-electron chi connectivity index (χ3n) is 4.44. The molecule has 2 rings (SSSR count). The summed E-state index contributed by atoms with van der Waals surface area (Å²) in [6.07, 6.45) is 1.19. The van der Waals surface area contributed by atoms with Crippen molar-refractivity contribution in [3.05, 3.63) is 28.3 Å². The first-order chi connectivity index (χ1) is 9.40. The van der Waals surface area contributed by atoms with Crippen LogP contribution in [0.2, 0.25) is 5.02 Å². The van der Waals surface area contributed by atoms with Crippen LogP contribution < -0.4 is 10.2 Å². The van der Waals surface area contributed by atoms with E-state index in [2.05, 4.69) is 57.0 Å². The zero-order valence-electron chi connectivity index (χ0n) is 13.4. The summed E-state index contributed by atoms with van der Waals surface area (Å²) in [5, 5.41) is 4.25. The number of nitrogens with one attached hydrogen (secondary N) is 1. The van der Waals surface area contributed by atoms with Crippen molar-refractivity contribution in [2.24, 2.45) is 0 Å². The molecule has 2 nitrogen and oxygen atoms in total. The van der Waals surface area contributed by atoms with E-state index in [1.807, 2.05) is 0 Å². The summed E-state index contributed by atoms with van der Waals surface area (Å²) >= 11 is 6.49. The van der Waals surface area contributed by atoms with Gasteiger partial charge in [0.1, 0.15) is 0 Å². The summed E-state index contributed by atoms with van der Waals surface area (Å²) in [7, 11) is 0. The Morgan fingerprint density at radius 3 is 2.65 bits per heavy atom. The second kappa shape index (κ2) is 5.95. The van der Waals surface area contributed by atoms with Gasteiger partial charge in [0.15, 0.2) is 0 Å². The van der Waals surface area contributed by atoms with E-state index in [9.17, 15) is 0 Å². The number of hydrogen-bond donors (Lipinski definition) is 1. The molecular formula is C17H27ClN2. The van der Waals surface area contributed by atoms with Crippen molar-refractivity contribution in [3.8, 4) is 0 Å². The number of anilines is 1. The van der Waals surface area contributed by atoms with Crippen LogP contribution in [0.3, 0.4) is 0 Å². The lowest BCUT2D eigenvalue weighted by Crippen LogP contribution is -2.48. The van der Waals surface area contributed by atoms with E-state index < -0.39 is 0 Å². The van der Waals surface area contributed by atoms with Gasteiger partial charge in [-0.25, -0.2) is 0 Å². The maximum atomic E-state index is 6.49. The minimum Gasteiger partial charge on any atom is -0.366 e. The average Bonchev–Trinajstić information content (AvgIpc) is 2.36. The van der Waals surface area contributed by atoms with Gasteiger partial charge >= 0.3 is 0 Å². The maximum Gasteiger partial charge on any atom is 0.0471 e. The maximum absolute atomic E-state index is 6.49. The minimum atomic E-state index is 0.202. The van der Waals surface area contributed by atoms with Gasteiger partial charge in [0.25, 0.3) is 0 Å². The van der Waals surface area contributed by atoms with E-state index in [1.165, 1.54) is 23.2 Å². The summed E-state index contributed by atoms with van der Waals surface area (Å²) in [4.78, 5) is 2.49. The fraction of sp³-hybridized carbons (Fsp3) is 0.647. The number of fused-ring (bicyclic) bond motifs is 1. The summed E-state index contributed by atoms with van der Waals surface area (Å²) in [5.74, 6) is 0.584. The molecule has 0 unspecified atom stereocenters. The SMILES string of the molecule is CCNCc1cc2c(cc1Cl)N(CC)C(C)(C)C[C@H]2C. The third kappa shape index (κ3) is 2.82. The van der Waals surface area contributed by atoms with Gasteiger partial charge in [-0.15, -0.1) is 0 Å². The normalized spacial score (nSPS) is 20.9. The molecule has 0 fully saturated rings. The summed E-state index contributed by atoms with van der Waals surface area (Å²) < 4.78 is 0. The molecule has 1 atom stereocenters. The Balaban J connectivity index is 2.46. The standard InChI is InChI=1S/C17H27ClN2/c1-6-19-11-13-8-14-12(3)10-17(4,5)20(7-2)16(14)9-15(13)18/h8-9,12,19H,6-7,10-11H2,1-5H3/t12-/m1/s1. The lowest BCUT2D eigenvalue weighted by atomic mass is 9.79. The highest BCUT2D eigenvalue weighted by atomic mass is 35.5. The number of rotatable bonds is 4. The molecule has 0 aliphatic carbocycles. The van der Waals surface area contributed by atoms with Gasteiger partial charge in [0, 0.05) is 29.3 Å². The monoisotopic (exact) mass is 294 g/mol. The van der Waals surface area contributed by atoms with E-state index >= 15 is 0 Å². The van der Waals surface area contributed by atoms with E-state index in [-0.39, 0.29) is 5.54 Å². The average molecular weight is 295 g/mol. The molecule has 0 aromatic heterocycles. The topological polar surface area (TPSA) is 15.3 Å². The smallest absolute Gasteiger partial charge is 0.0471 e. The molecule has 0 amide bonds. The van der Waals surface area contributed by atoms with Gasteiger partial charge in [0.2, 0.25) is 0 Å². The number of benzene rings is 1. The Morgan fingerprint density at radius 1 is 1.35 bits per heavy atom. The Bertz CT molecular complexity index is 482. The Morgan fingerprint density at radius 2 is 2.05 bits per heavy atom. The number of hydrogen-bond acceptors (Lipinski definition) is 2. The van der Waals surface area contributed by atoms with Crippen molar-refractivity contribution < 1.29 is 0 Å². The lowest BCUT2D eigenvalue weighted by molar-refractivity contribution is 0.381. The Labute approximate surface area is 128 Å². The first kappa shape index (κ1) is 15.7. The highest BCUT2D eigenvalue weighted by molar-refractivity contribution is 6.31. The lowest BCUT2D eigenvalue weighted by Gasteiger charge is -2.47. The van der Waals surface area contributed by atoms with E-state index in [0.29, 0.717) is 5.92 Å². The minimum absolute atomic E-state index is 0.202. The van der Waals surface area contributed by atoms with Crippen LogP contribution in [0.1, 0.15) is 58.1 Å². The molecule has 1 aromatic rings. The first-order valence-electron chi connectivity index (χ1n) is 7.71. The van der Waals surface area contributed by atoms with Crippen LogP contribution in [-0.4, -0.2) is 18.6 Å². The molecular weight excluding hydrogens is 268 g/mol. The molecule has 1 aliphatic heterocycles. The van der Waals surface area contributed by atoms with Gasteiger partial charge < -0.3 is 10.2 Å². The highest BCUT2D eigenvalue weighted by Gasteiger charge is 2.35. The second-order valence-electron chi connectivity index (χ2n) is 6.44. The van der Waals surface area contributed by atoms with Crippen molar-refractivity contribution in [3.63, 3.8) is 0 Å². The second-order valence-corrected chi connectivity index (χ2v) is 6.85. The third-order valence-corrected chi connectivity index (χ3v) is 4.79. The molecule has 3 heteroatoms. The van der Waals surface area contributed by atoms with Crippen LogP contribution in [0, 0.1) is 0 Å². The molecule has 1 heterocycles. The van der Waals surface area contributed by atoms with Crippen LogP contribution in [-0.2, 0) is 6.54 Å². The molecule has 0 saturated carbocycles. The molecule has 1 aromatic carbocycles. The molecule has 1 aliphatic rings. The van der Waals surface area contributed by atoms with E-state index in [0.717, 1.165) is 24.7 Å². The van der Waals surface area contributed by atoms with Gasteiger partial charge in [0.05, 0.1) is 0 Å². The molecule has 0 radical (unpaired) electrons. The predicted octanol–water partition coefficient (Wildman–Crippen LogP) is 4.56. The van der Waals surface area contributed by atoms with Gasteiger partial charge in [-0.05, 0) is 56.8 Å². The van der Waals surface area contributed by atoms with Crippen LogP contribution in [0.15, 0.2) is 12.1 Å². The zero-order chi connectivity index (χ0) is 14.9.